The van der Waals surface area contributed by atoms with Crippen LogP contribution >= 0.6 is 11.3 Å². The van der Waals surface area contributed by atoms with Crippen LogP contribution in [-0.4, -0.2) is 10.2 Å². The lowest BCUT2D eigenvalue weighted by Gasteiger charge is -2.07. The molecular weight excluding hydrogens is 222 g/mol. The van der Waals surface area contributed by atoms with Gasteiger partial charge >= 0.3 is 0 Å². The van der Waals surface area contributed by atoms with Crippen LogP contribution in [0.4, 0.5) is 5.13 Å². The minimum absolute atomic E-state index is 0.415. The van der Waals surface area contributed by atoms with E-state index in [1.54, 1.807) is 0 Å². The van der Waals surface area contributed by atoms with Crippen molar-refractivity contribution in [3.63, 3.8) is 0 Å². The average Bonchev–Trinajstić information content (AvgIpc) is 2.63. The number of nitrogens with two attached hydrogens (primary N) is 1. The van der Waals surface area contributed by atoms with Crippen molar-refractivity contribution >= 4 is 16.5 Å². The molecule has 0 aliphatic heterocycles. The van der Waals surface area contributed by atoms with Crippen LogP contribution in [0.15, 0.2) is 18.2 Å². The average molecular weight is 235 g/mol. The van der Waals surface area contributed by atoms with Gasteiger partial charge in [0.1, 0.15) is 12.4 Å². The van der Waals surface area contributed by atoms with Gasteiger partial charge in [-0.25, -0.2) is 0 Å². The van der Waals surface area contributed by atoms with Crippen LogP contribution in [-0.2, 0) is 6.61 Å². The van der Waals surface area contributed by atoms with E-state index in [2.05, 4.69) is 23.2 Å². The Bertz CT molecular complexity index is 496. The number of ether oxygens (including phenoxy) is 1. The summed E-state index contributed by atoms with van der Waals surface area (Å²) in [6, 6.07) is 6.08. The van der Waals surface area contributed by atoms with E-state index >= 15 is 0 Å². The second-order valence-corrected chi connectivity index (χ2v) is 4.69. The van der Waals surface area contributed by atoms with Crippen LogP contribution in [0.1, 0.15) is 16.1 Å². The number of aryl methyl sites for hydroxylation is 2. The van der Waals surface area contributed by atoms with Crippen LogP contribution in [0.3, 0.4) is 0 Å². The van der Waals surface area contributed by atoms with Gasteiger partial charge in [-0.2, -0.15) is 0 Å². The molecule has 2 rings (SSSR count). The first-order valence-electron chi connectivity index (χ1n) is 4.93. The Kier molecular flexibility index (Phi) is 3.05. The predicted octanol–water partition coefficient (Wildman–Crippen LogP) is 2.32. The van der Waals surface area contributed by atoms with E-state index < -0.39 is 0 Å². The Morgan fingerprint density at radius 3 is 2.75 bits per heavy atom. The molecule has 0 saturated heterocycles. The van der Waals surface area contributed by atoms with Crippen molar-refractivity contribution in [2.45, 2.75) is 20.5 Å². The Morgan fingerprint density at radius 1 is 1.31 bits per heavy atom. The number of nitrogen functional groups attached to an aromatic ring is 1. The third kappa shape index (κ3) is 2.49. The van der Waals surface area contributed by atoms with Gasteiger partial charge in [-0.1, -0.05) is 29.0 Å². The Balaban J connectivity index is 2.04. The topological polar surface area (TPSA) is 61.0 Å². The second-order valence-electron chi connectivity index (χ2n) is 3.59. The van der Waals surface area contributed by atoms with Crippen molar-refractivity contribution < 1.29 is 4.74 Å². The Morgan fingerprint density at radius 2 is 2.12 bits per heavy atom. The highest BCUT2D eigenvalue weighted by Gasteiger charge is 2.04. The van der Waals surface area contributed by atoms with Crippen molar-refractivity contribution in [3.8, 4) is 5.75 Å². The molecule has 1 aromatic carbocycles. The summed E-state index contributed by atoms with van der Waals surface area (Å²) in [5.41, 5.74) is 7.84. The van der Waals surface area contributed by atoms with Crippen LogP contribution in [0, 0.1) is 13.8 Å². The second kappa shape index (κ2) is 4.49. The van der Waals surface area contributed by atoms with E-state index in [1.165, 1.54) is 16.9 Å². The van der Waals surface area contributed by atoms with Gasteiger partial charge in [-0.3, -0.25) is 0 Å². The van der Waals surface area contributed by atoms with Gasteiger partial charge in [-0.15, -0.1) is 10.2 Å². The number of benzene rings is 1. The first kappa shape index (κ1) is 10.9. The van der Waals surface area contributed by atoms with Gasteiger partial charge in [0, 0.05) is 0 Å². The molecule has 0 amide bonds. The number of nitrogens with zero attached hydrogens (tertiary/aromatic N) is 2. The van der Waals surface area contributed by atoms with E-state index in [0.717, 1.165) is 16.3 Å². The van der Waals surface area contributed by atoms with Crippen LogP contribution in [0.25, 0.3) is 0 Å². The Hall–Kier alpha value is -1.62. The molecule has 0 aliphatic carbocycles. The number of anilines is 1. The van der Waals surface area contributed by atoms with E-state index in [-0.39, 0.29) is 0 Å². The molecule has 2 aromatic rings. The zero-order chi connectivity index (χ0) is 11.5. The highest BCUT2D eigenvalue weighted by Crippen LogP contribution is 2.21. The quantitative estimate of drug-likeness (QED) is 0.886. The minimum Gasteiger partial charge on any atom is -0.486 e. The molecular formula is C11H13N3OS. The minimum atomic E-state index is 0.415. The lowest BCUT2D eigenvalue weighted by atomic mass is 10.1. The van der Waals surface area contributed by atoms with Gasteiger partial charge in [0.15, 0.2) is 5.01 Å². The van der Waals surface area contributed by atoms with Gasteiger partial charge in [0.2, 0.25) is 5.13 Å². The maximum Gasteiger partial charge on any atom is 0.203 e. The zero-order valence-electron chi connectivity index (χ0n) is 9.23. The van der Waals surface area contributed by atoms with Crippen LogP contribution in [0.2, 0.25) is 0 Å². The smallest absolute Gasteiger partial charge is 0.203 e. The lowest BCUT2D eigenvalue weighted by Crippen LogP contribution is -1.96. The third-order valence-electron chi connectivity index (χ3n) is 2.16. The molecule has 0 spiro atoms. The molecule has 0 radical (unpaired) electrons. The normalized spacial score (nSPS) is 10.4. The molecule has 16 heavy (non-hydrogen) atoms. The molecule has 0 aliphatic rings. The van der Waals surface area contributed by atoms with Gasteiger partial charge in [0.25, 0.3) is 0 Å². The van der Waals surface area contributed by atoms with Crippen LogP contribution < -0.4 is 10.5 Å². The Labute approximate surface area is 98.1 Å². The molecule has 0 unspecified atom stereocenters. The fourth-order valence-corrected chi connectivity index (χ4v) is 1.95. The fraction of sp³-hybridized carbons (Fsp3) is 0.273. The van der Waals surface area contributed by atoms with Gasteiger partial charge < -0.3 is 10.5 Å². The molecule has 0 atom stereocenters. The molecule has 4 nitrogen and oxygen atoms in total. The molecule has 0 bridgehead atoms. The first-order chi connectivity index (χ1) is 7.65. The highest BCUT2D eigenvalue weighted by atomic mass is 32.1. The third-order valence-corrected chi connectivity index (χ3v) is 2.89. The van der Waals surface area contributed by atoms with Crippen LogP contribution in [0.5, 0.6) is 5.75 Å². The number of aromatic nitrogens is 2. The molecule has 1 heterocycles. The van der Waals surface area contributed by atoms with Gasteiger partial charge in [0.05, 0.1) is 0 Å². The summed E-state index contributed by atoms with van der Waals surface area (Å²) in [6.07, 6.45) is 0. The monoisotopic (exact) mass is 235 g/mol. The SMILES string of the molecule is Cc1ccc(OCc2nnc(N)s2)c(C)c1. The summed E-state index contributed by atoms with van der Waals surface area (Å²) >= 11 is 1.35. The summed E-state index contributed by atoms with van der Waals surface area (Å²) in [5, 5.41) is 8.89. The van der Waals surface area contributed by atoms with Crippen molar-refractivity contribution in [2.75, 3.05) is 5.73 Å². The van der Waals surface area contributed by atoms with E-state index in [0.29, 0.717) is 11.7 Å². The lowest BCUT2D eigenvalue weighted by molar-refractivity contribution is 0.302. The standard InChI is InChI=1S/C11H13N3OS/c1-7-3-4-9(8(2)5-7)15-6-10-13-14-11(12)16-10/h3-5H,6H2,1-2H3,(H2,12,14). The molecule has 5 heteroatoms. The maximum absolute atomic E-state index is 5.64. The van der Waals surface area contributed by atoms with E-state index in [9.17, 15) is 0 Å². The number of hydrogen-bond acceptors (Lipinski definition) is 5. The first-order valence-corrected chi connectivity index (χ1v) is 5.75. The summed E-state index contributed by atoms with van der Waals surface area (Å²) in [7, 11) is 0. The van der Waals surface area contributed by atoms with E-state index in [4.69, 9.17) is 10.5 Å². The molecule has 1 aromatic heterocycles. The van der Waals surface area contributed by atoms with Gasteiger partial charge in [-0.05, 0) is 25.5 Å². The number of rotatable bonds is 3. The predicted molar refractivity (Wildman–Crippen MR) is 64.6 cm³/mol. The molecule has 2 N–H and O–H groups in total. The van der Waals surface area contributed by atoms with Crippen molar-refractivity contribution in [2.24, 2.45) is 0 Å². The summed E-state index contributed by atoms with van der Waals surface area (Å²) in [6.45, 7) is 4.50. The number of hydrogen-bond donors (Lipinski definition) is 1. The highest BCUT2D eigenvalue weighted by molar-refractivity contribution is 7.15. The summed E-state index contributed by atoms with van der Waals surface area (Å²) < 4.78 is 5.64. The van der Waals surface area contributed by atoms with E-state index in [1.807, 2.05) is 19.1 Å². The largest absolute Gasteiger partial charge is 0.486 e. The maximum atomic E-state index is 5.64. The molecule has 0 saturated carbocycles. The zero-order valence-corrected chi connectivity index (χ0v) is 10.0. The fourth-order valence-electron chi connectivity index (χ4n) is 1.43. The van der Waals surface area contributed by atoms with Crippen molar-refractivity contribution in [1.82, 2.24) is 10.2 Å². The molecule has 84 valence electrons. The molecule has 0 fully saturated rings. The summed E-state index contributed by atoms with van der Waals surface area (Å²) in [5.74, 6) is 0.874. The van der Waals surface area contributed by atoms with Crippen molar-refractivity contribution in [3.05, 3.63) is 34.3 Å². The van der Waals surface area contributed by atoms with Crippen molar-refractivity contribution in [1.29, 1.82) is 0 Å². The summed E-state index contributed by atoms with van der Waals surface area (Å²) in [4.78, 5) is 0.